The predicted molar refractivity (Wildman–Crippen MR) is 88.3 cm³/mol. The molecule has 0 aliphatic rings. The summed E-state index contributed by atoms with van der Waals surface area (Å²) in [7, 11) is 0. The van der Waals surface area contributed by atoms with E-state index in [2.05, 4.69) is 10.9 Å². The monoisotopic (exact) mass is 329 g/mol. The molecule has 0 saturated heterocycles. The van der Waals surface area contributed by atoms with Gasteiger partial charge in [-0.05, 0) is 25.1 Å². The van der Waals surface area contributed by atoms with Crippen LogP contribution in [-0.4, -0.2) is 23.0 Å². The number of hydrazine groups is 1. The third-order valence-electron chi connectivity index (χ3n) is 3.21. The van der Waals surface area contributed by atoms with Crippen LogP contribution in [0.15, 0.2) is 53.5 Å². The van der Waals surface area contributed by atoms with E-state index < -0.39 is 11.8 Å². The second-order valence-electron chi connectivity index (χ2n) is 5.18. The molecule has 24 heavy (non-hydrogen) atoms. The van der Waals surface area contributed by atoms with E-state index in [1.807, 2.05) is 19.1 Å². The second-order valence-corrected chi connectivity index (χ2v) is 5.18. The van der Waals surface area contributed by atoms with Gasteiger partial charge in [-0.2, -0.15) is 0 Å². The van der Waals surface area contributed by atoms with Crippen LogP contribution in [0.4, 0.5) is 0 Å². The molecule has 2 N–H and O–H groups in total. The van der Waals surface area contributed by atoms with E-state index in [9.17, 15) is 14.4 Å². The van der Waals surface area contributed by atoms with Crippen LogP contribution < -0.4 is 21.1 Å². The standard InChI is InChI=1S/C17H19N3O4/c1-13-5-7-14(8-6-13)24-12-16(22)19-18-15(21)9-11-20-10-3-2-4-17(20)23/h2-8,10H,9,11-12H2,1H3,(H,18,21)(H,19,22). The number of ether oxygens (including phenoxy) is 1. The number of hydrogen-bond acceptors (Lipinski definition) is 4. The molecule has 0 spiro atoms. The lowest BCUT2D eigenvalue weighted by atomic mass is 10.2. The molecule has 1 aromatic heterocycles. The van der Waals surface area contributed by atoms with Gasteiger partial charge in [0.25, 0.3) is 11.5 Å². The predicted octanol–water partition coefficient (Wildman–Crippen LogP) is 0.773. The number of nitrogens with one attached hydrogen (secondary N) is 2. The molecule has 1 heterocycles. The van der Waals surface area contributed by atoms with Gasteiger partial charge in [0.05, 0.1) is 0 Å². The first-order valence-corrected chi connectivity index (χ1v) is 7.47. The molecule has 0 saturated carbocycles. The molecule has 2 aromatic rings. The number of amides is 2. The van der Waals surface area contributed by atoms with Crippen molar-refractivity contribution in [2.75, 3.05) is 6.61 Å². The largest absolute Gasteiger partial charge is 0.484 e. The molecule has 1 aromatic carbocycles. The molecule has 0 fully saturated rings. The lowest BCUT2D eigenvalue weighted by molar-refractivity contribution is -0.130. The van der Waals surface area contributed by atoms with Gasteiger partial charge in [-0.3, -0.25) is 25.2 Å². The third kappa shape index (κ3) is 5.60. The van der Waals surface area contributed by atoms with Gasteiger partial charge in [0.15, 0.2) is 6.61 Å². The summed E-state index contributed by atoms with van der Waals surface area (Å²) in [6.45, 7) is 1.98. The first-order chi connectivity index (χ1) is 11.5. The number of benzene rings is 1. The Kier molecular flexibility index (Phi) is 6.13. The topological polar surface area (TPSA) is 89.4 Å². The van der Waals surface area contributed by atoms with Gasteiger partial charge in [0.2, 0.25) is 5.91 Å². The van der Waals surface area contributed by atoms with Gasteiger partial charge < -0.3 is 9.30 Å². The fraction of sp³-hybridized carbons (Fsp3) is 0.235. The van der Waals surface area contributed by atoms with E-state index in [1.54, 1.807) is 30.5 Å². The molecular weight excluding hydrogens is 310 g/mol. The minimum Gasteiger partial charge on any atom is -0.484 e. The van der Waals surface area contributed by atoms with Crippen molar-refractivity contribution >= 4 is 11.8 Å². The maximum atomic E-state index is 11.7. The third-order valence-corrected chi connectivity index (χ3v) is 3.21. The summed E-state index contributed by atoms with van der Waals surface area (Å²) in [6.07, 6.45) is 1.67. The molecule has 126 valence electrons. The average Bonchev–Trinajstić information content (AvgIpc) is 2.58. The summed E-state index contributed by atoms with van der Waals surface area (Å²) < 4.78 is 6.71. The molecule has 0 aliphatic heterocycles. The maximum absolute atomic E-state index is 11.7. The highest BCUT2D eigenvalue weighted by Crippen LogP contribution is 2.10. The zero-order chi connectivity index (χ0) is 17.4. The minimum absolute atomic E-state index is 0.0724. The van der Waals surface area contributed by atoms with Crippen LogP contribution in [-0.2, 0) is 16.1 Å². The van der Waals surface area contributed by atoms with Crippen molar-refractivity contribution in [1.82, 2.24) is 15.4 Å². The van der Waals surface area contributed by atoms with E-state index in [4.69, 9.17) is 4.74 Å². The fourth-order valence-electron chi connectivity index (χ4n) is 1.89. The van der Waals surface area contributed by atoms with Gasteiger partial charge in [0.1, 0.15) is 5.75 Å². The number of rotatable bonds is 6. The van der Waals surface area contributed by atoms with Crippen molar-refractivity contribution < 1.29 is 14.3 Å². The van der Waals surface area contributed by atoms with Crippen LogP contribution in [0.5, 0.6) is 5.75 Å². The van der Waals surface area contributed by atoms with Crippen molar-refractivity contribution in [3.8, 4) is 5.75 Å². The molecule has 2 rings (SSSR count). The summed E-state index contributed by atoms with van der Waals surface area (Å²) in [5, 5.41) is 0. The van der Waals surface area contributed by atoms with E-state index in [0.29, 0.717) is 5.75 Å². The lowest BCUT2D eigenvalue weighted by Gasteiger charge is -2.09. The summed E-state index contributed by atoms with van der Waals surface area (Å²) in [6, 6.07) is 12.0. The van der Waals surface area contributed by atoms with Gasteiger partial charge in [0, 0.05) is 25.2 Å². The Morgan fingerprint density at radius 2 is 1.75 bits per heavy atom. The van der Waals surface area contributed by atoms with Crippen molar-refractivity contribution in [3.63, 3.8) is 0 Å². The Balaban J connectivity index is 1.67. The molecule has 0 bridgehead atoms. The fourth-order valence-corrected chi connectivity index (χ4v) is 1.89. The molecule has 7 heteroatoms. The normalized spacial score (nSPS) is 10.0. The molecule has 0 radical (unpaired) electrons. The molecule has 7 nitrogen and oxygen atoms in total. The molecular formula is C17H19N3O4. The van der Waals surface area contributed by atoms with Gasteiger partial charge >= 0.3 is 0 Å². The van der Waals surface area contributed by atoms with Crippen LogP contribution in [0.1, 0.15) is 12.0 Å². The van der Waals surface area contributed by atoms with Crippen molar-refractivity contribution in [3.05, 3.63) is 64.6 Å². The Morgan fingerprint density at radius 1 is 1.04 bits per heavy atom. The highest BCUT2D eigenvalue weighted by Gasteiger charge is 2.06. The number of nitrogens with zero attached hydrogens (tertiary/aromatic N) is 1. The van der Waals surface area contributed by atoms with Crippen LogP contribution in [0, 0.1) is 6.92 Å². The van der Waals surface area contributed by atoms with E-state index >= 15 is 0 Å². The number of carbonyl (C=O) groups excluding carboxylic acids is 2. The average molecular weight is 329 g/mol. The summed E-state index contributed by atoms with van der Waals surface area (Å²) in [5.41, 5.74) is 5.46. The smallest absolute Gasteiger partial charge is 0.276 e. The Morgan fingerprint density at radius 3 is 2.46 bits per heavy atom. The molecule has 0 unspecified atom stereocenters. The molecule has 2 amide bonds. The Labute approximate surface area is 139 Å². The van der Waals surface area contributed by atoms with E-state index in [-0.39, 0.29) is 25.1 Å². The SMILES string of the molecule is Cc1ccc(OCC(=O)NNC(=O)CCn2ccccc2=O)cc1. The van der Waals surface area contributed by atoms with E-state index in [0.717, 1.165) is 5.56 Å². The first-order valence-electron chi connectivity index (χ1n) is 7.47. The number of aryl methyl sites for hydroxylation is 2. The summed E-state index contributed by atoms with van der Waals surface area (Å²) in [4.78, 5) is 34.8. The first kappa shape index (κ1) is 17.3. The molecule has 0 atom stereocenters. The maximum Gasteiger partial charge on any atom is 0.276 e. The van der Waals surface area contributed by atoms with Gasteiger partial charge in [-0.1, -0.05) is 23.8 Å². The minimum atomic E-state index is -0.471. The van der Waals surface area contributed by atoms with Gasteiger partial charge in [-0.15, -0.1) is 0 Å². The van der Waals surface area contributed by atoms with Crippen LogP contribution in [0.25, 0.3) is 0 Å². The zero-order valence-electron chi connectivity index (χ0n) is 13.3. The van der Waals surface area contributed by atoms with Crippen LogP contribution >= 0.6 is 0 Å². The van der Waals surface area contributed by atoms with Crippen molar-refractivity contribution in [1.29, 1.82) is 0 Å². The van der Waals surface area contributed by atoms with Crippen molar-refractivity contribution in [2.24, 2.45) is 0 Å². The lowest BCUT2D eigenvalue weighted by Crippen LogP contribution is -2.44. The highest BCUT2D eigenvalue weighted by atomic mass is 16.5. The van der Waals surface area contributed by atoms with Crippen molar-refractivity contribution in [2.45, 2.75) is 19.9 Å². The summed E-state index contributed by atoms with van der Waals surface area (Å²) in [5.74, 6) is -0.291. The Bertz CT molecular complexity index is 753. The molecule has 0 aliphatic carbocycles. The van der Waals surface area contributed by atoms with Crippen LogP contribution in [0.3, 0.4) is 0 Å². The van der Waals surface area contributed by atoms with Gasteiger partial charge in [-0.25, -0.2) is 0 Å². The number of hydrogen-bond donors (Lipinski definition) is 2. The van der Waals surface area contributed by atoms with Crippen LogP contribution in [0.2, 0.25) is 0 Å². The van der Waals surface area contributed by atoms with E-state index in [1.165, 1.54) is 10.6 Å². The highest BCUT2D eigenvalue weighted by molar-refractivity contribution is 5.82. The zero-order valence-corrected chi connectivity index (χ0v) is 13.3. The summed E-state index contributed by atoms with van der Waals surface area (Å²) >= 11 is 0. The Hall–Kier alpha value is -3.09. The second kappa shape index (κ2) is 8.52. The number of pyridine rings is 1. The quantitative estimate of drug-likeness (QED) is 0.766. The number of aromatic nitrogens is 1. The number of carbonyl (C=O) groups is 2.